The Hall–Kier alpha value is -1.87. The number of hydrogen-bond acceptors (Lipinski definition) is 2. The third-order valence-electron chi connectivity index (χ3n) is 4.58. The van der Waals surface area contributed by atoms with Crippen LogP contribution in [0.2, 0.25) is 0 Å². The Morgan fingerprint density at radius 1 is 1.14 bits per heavy atom. The molecule has 0 heterocycles. The summed E-state index contributed by atoms with van der Waals surface area (Å²) in [5, 5.41) is 5.52. The molecule has 1 aliphatic rings. The second-order valence-electron chi connectivity index (χ2n) is 5.93. The Labute approximate surface area is 125 Å². The van der Waals surface area contributed by atoms with Gasteiger partial charge in [-0.2, -0.15) is 0 Å². The van der Waals surface area contributed by atoms with Gasteiger partial charge in [0.05, 0.1) is 0 Å². The van der Waals surface area contributed by atoms with Gasteiger partial charge in [0, 0.05) is 12.5 Å². The summed E-state index contributed by atoms with van der Waals surface area (Å²) in [6.07, 6.45) is 3.19. The maximum atomic E-state index is 12.3. The second-order valence-corrected chi connectivity index (χ2v) is 5.93. The minimum Gasteiger partial charge on any atom is -0.352 e. The van der Waals surface area contributed by atoms with Gasteiger partial charge in [0.15, 0.2) is 0 Å². The van der Waals surface area contributed by atoms with Crippen LogP contribution in [-0.4, -0.2) is 12.5 Å². The first-order valence-corrected chi connectivity index (χ1v) is 7.73. The molecule has 0 aromatic heterocycles. The van der Waals surface area contributed by atoms with E-state index in [0.29, 0.717) is 19.0 Å². The molecule has 2 aromatic rings. The first-order chi connectivity index (χ1) is 10.3. The van der Waals surface area contributed by atoms with E-state index in [2.05, 4.69) is 35.6 Å². The van der Waals surface area contributed by atoms with E-state index >= 15 is 0 Å². The SMILES string of the molecule is NC[C@H]1CCC[C@H]1C(=O)NCc1ccc2ccccc2c1. The average Bonchev–Trinajstić information content (AvgIpc) is 3.01. The molecule has 0 bridgehead atoms. The number of fused-ring (bicyclic) bond motifs is 1. The molecule has 0 saturated heterocycles. The first kappa shape index (κ1) is 14.1. The van der Waals surface area contributed by atoms with E-state index in [4.69, 9.17) is 5.73 Å². The zero-order valence-electron chi connectivity index (χ0n) is 12.2. The number of nitrogens with one attached hydrogen (secondary N) is 1. The minimum atomic E-state index is 0.107. The molecule has 0 spiro atoms. The fourth-order valence-corrected chi connectivity index (χ4v) is 3.33. The van der Waals surface area contributed by atoms with Gasteiger partial charge in [-0.1, -0.05) is 42.8 Å². The van der Waals surface area contributed by atoms with Crippen LogP contribution in [-0.2, 0) is 11.3 Å². The standard InChI is InChI=1S/C18H22N2O/c19-11-16-6-3-7-17(16)18(21)20-12-13-8-9-14-4-1-2-5-15(14)10-13/h1-2,4-5,8-10,16-17H,3,6-7,11-12,19H2,(H,20,21)/t16-,17-/m1/s1. The number of amides is 1. The summed E-state index contributed by atoms with van der Waals surface area (Å²) < 4.78 is 0. The lowest BCUT2D eigenvalue weighted by atomic mass is 9.95. The van der Waals surface area contributed by atoms with Crippen molar-refractivity contribution in [2.75, 3.05) is 6.54 Å². The summed E-state index contributed by atoms with van der Waals surface area (Å²) in [7, 11) is 0. The molecule has 3 heteroatoms. The molecule has 2 atom stereocenters. The topological polar surface area (TPSA) is 55.1 Å². The molecule has 1 fully saturated rings. The van der Waals surface area contributed by atoms with Crippen LogP contribution in [0, 0.1) is 11.8 Å². The van der Waals surface area contributed by atoms with Gasteiger partial charge in [-0.15, -0.1) is 0 Å². The van der Waals surface area contributed by atoms with Gasteiger partial charge < -0.3 is 11.1 Å². The van der Waals surface area contributed by atoms with E-state index in [1.54, 1.807) is 0 Å². The van der Waals surface area contributed by atoms with Gasteiger partial charge in [0.25, 0.3) is 0 Å². The molecule has 21 heavy (non-hydrogen) atoms. The van der Waals surface area contributed by atoms with Crippen molar-refractivity contribution in [3.8, 4) is 0 Å². The van der Waals surface area contributed by atoms with Crippen molar-refractivity contribution in [2.24, 2.45) is 17.6 Å². The van der Waals surface area contributed by atoms with Crippen molar-refractivity contribution < 1.29 is 4.79 Å². The Morgan fingerprint density at radius 2 is 1.95 bits per heavy atom. The monoisotopic (exact) mass is 282 g/mol. The zero-order chi connectivity index (χ0) is 14.7. The Morgan fingerprint density at radius 3 is 2.76 bits per heavy atom. The summed E-state index contributed by atoms with van der Waals surface area (Å²) in [4.78, 5) is 12.3. The highest BCUT2D eigenvalue weighted by Crippen LogP contribution is 2.31. The van der Waals surface area contributed by atoms with Gasteiger partial charge in [0.2, 0.25) is 5.91 Å². The van der Waals surface area contributed by atoms with Crippen LogP contribution < -0.4 is 11.1 Å². The van der Waals surface area contributed by atoms with Crippen LogP contribution >= 0.6 is 0 Å². The molecule has 1 saturated carbocycles. The summed E-state index contributed by atoms with van der Waals surface area (Å²) in [5.41, 5.74) is 6.89. The van der Waals surface area contributed by atoms with E-state index in [-0.39, 0.29) is 11.8 Å². The molecule has 1 amide bonds. The quantitative estimate of drug-likeness (QED) is 0.906. The van der Waals surface area contributed by atoms with Gasteiger partial charge >= 0.3 is 0 Å². The average molecular weight is 282 g/mol. The van der Waals surface area contributed by atoms with Crippen molar-refractivity contribution in [2.45, 2.75) is 25.8 Å². The third-order valence-corrected chi connectivity index (χ3v) is 4.58. The fourth-order valence-electron chi connectivity index (χ4n) is 3.33. The zero-order valence-corrected chi connectivity index (χ0v) is 12.2. The minimum absolute atomic E-state index is 0.107. The van der Waals surface area contributed by atoms with Crippen LogP contribution in [0.4, 0.5) is 0 Å². The molecule has 0 unspecified atom stereocenters. The number of carbonyl (C=O) groups is 1. The Bertz CT molecular complexity index is 638. The number of hydrogen-bond donors (Lipinski definition) is 2. The lowest BCUT2D eigenvalue weighted by Gasteiger charge is -2.17. The molecule has 3 nitrogen and oxygen atoms in total. The second kappa shape index (κ2) is 6.27. The molecule has 3 N–H and O–H groups in total. The predicted octanol–water partition coefficient (Wildman–Crippen LogP) is 2.83. The maximum absolute atomic E-state index is 12.3. The maximum Gasteiger partial charge on any atom is 0.223 e. The van der Waals surface area contributed by atoms with Crippen molar-refractivity contribution >= 4 is 16.7 Å². The van der Waals surface area contributed by atoms with E-state index in [1.165, 1.54) is 10.8 Å². The number of benzene rings is 2. The van der Waals surface area contributed by atoms with Crippen molar-refractivity contribution in [1.82, 2.24) is 5.32 Å². The van der Waals surface area contributed by atoms with Gasteiger partial charge in [-0.25, -0.2) is 0 Å². The normalized spacial score (nSPS) is 21.6. The van der Waals surface area contributed by atoms with Crippen LogP contribution in [0.25, 0.3) is 10.8 Å². The highest BCUT2D eigenvalue weighted by molar-refractivity contribution is 5.83. The third kappa shape index (κ3) is 3.08. The molecule has 1 aliphatic carbocycles. The summed E-state index contributed by atoms with van der Waals surface area (Å²) in [6, 6.07) is 14.6. The van der Waals surface area contributed by atoms with Crippen molar-refractivity contribution in [3.63, 3.8) is 0 Å². The summed E-state index contributed by atoms with van der Waals surface area (Å²) >= 11 is 0. The van der Waals surface area contributed by atoms with E-state index in [1.807, 2.05) is 12.1 Å². The smallest absolute Gasteiger partial charge is 0.223 e. The molecule has 3 rings (SSSR count). The lowest BCUT2D eigenvalue weighted by molar-refractivity contribution is -0.126. The molecule has 110 valence electrons. The van der Waals surface area contributed by atoms with Crippen LogP contribution in [0.1, 0.15) is 24.8 Å². The van der Waals surface area contributed by atoms with E-state index < -0.39 is 0 Å². The van der Waals surface area contributed by atoms with Crippen molar-refractivity contribution in [3.05, 3.63) is 48.0 Å². The van der Waals surface area contributed by atoms with Crippen LogP contribution in [0.15, 0.2) is 42.5 Å². The molecule has 2 aromatic carbocycles. The predicted molar refractivity (Wildman–Crippen MR) is 85.7 cm³/mol. The summed E-state index contributed by atoms with van der Waals surface area (Å²) in [6.45, 7) is 1.21. The summed E-state index contributed by atoms with van der Waals surface area (Å²) in [5.74, 6) is 0.633. The molecular formula is C18H22N2O. The number of rotatable bonds is 4. The highest BCUT2D eigenvalue weighted by Gasteiger charge is 2.31. The van der Waals surface area contributed by atoms with Gasteiger partial charge in [-0.05, 0) is 47.7 Å². The Balaban J connectivity index is 1.64. The molecule has 0 radical (unpaired) electrons. The number of nitrogens with two attached hydrogens (primary N) is 1. The van der Waals surface area contributed by atoms with E-state index in [0.717, 1.165) is 24.8 Å². The van der Waals surface area contributed by atoms with Crippen molar-refractivity contribution in [1.29, 1.82) is 0 Å². The van der Waals surface area contributed by atoms with Gasteiger partial charge in [-0.3, -0.25) is 4.79 Å². The number of carbonyl (C=O) groups excluding carboxylic acids is 1. The largest absolute Gasteiger partial charge is 0.352 e. The molecule has 0 aliphatic heterocycles. The first-order valence-electron chi connectivity index (χ1n) is 7.73. The lowest BCUT2D eigenvalue weighted by Crippen LogP contribution is -2.34. The Kier molecular flexibility index (Phi) is 4.20. The fraction of sp³-hybridized carbons (Fsp3) is 0.389. The highest BCUT2D eigenvalue weighted by atomic mass is 16.1. The van der Waals surface area contributed by atoms with Gasteiger partial charge in [0.1, 0.15) is 0 Å². The van der Waals surface area contributed by atoms with E-state index in [9.17, 15) is 4.79 Å². The molecular weight excluding hydrogens is 260 g/mol. The van der Waals surface area contributed by atoms with Crippen LogP contribution in [0.3, 0.4) is 0 Å². The van der Waals surface area contributed by atoms with Crippen LogP contribution in [0.5, 0.6) is 0 Å².